The van der Waals surface area contributed by atoms with Crippen molar-refractivity contribution in [3.8, 4) is 6.07 Å². The second-order valence-corrected chi connectivity index (χ2v) is 3.09. The molecule has 2 heteroatoms. The van der Waals surface area contributed by atoms with E-state index in [4.69, 9.17) is 11.0 Å². The quantitative estimate of drug-likeness (QED) is 0.763. The number of nitrogens with two attached hydrogens (primary N) is 1. The van der Waals surface area contributed by atoms with Crippen molar-refractivity contribution in [2.45, 2.75) is 25.8 Å². The molecule has 2 nitrogen and oxygen atoms in total. The fraction of sp³-hybridized carbons (Fsp3) is 0.364. The molecular formula is C11H14N2. The SMILES string of the molecule is CCC(N)c1ccc(CC#N)cc1. The van der Waals surface area contributed by atoms with Crippen LogP contribution in [-0.4, -0.2) is 0 Å². The Balaban J connectivity index is 2.76. The molecule has 0 aromatic heterocycles. The zero-order valence-electron chi connectivity index (χ0n) is 7.83. The molecule has 0 heterocycles. The molecule has 0 fully saturated rings. The highest BCUT2D eigenvalue weighted by Gasteiger charge is 2.01. The molecule has 1 unspecified atom stereocenters. The molecule has 68 valence electrons. The smallest absolute Gasteiger partial charge is 0.0669 e. The van der Waals surface area contributed by atoms with Crippen LogP contribution >= 0.6 is 0 Å². The van der Waals surface area contributed by atoms with Gasteiger partial charge in [-0.25, -0.2) is 0 Å². The number of rotatable bonds is 3. The van der Waals surface area contributed by atoms with E-state index in [1.807, 2.05) is 24.3 Å². The minimum atomic E-state index is 0.121. The lowest BCUT2D eigenvalue weighted by atomic mass is 10.0. The van der Waals surface area contributed by atoms with Crippen molar-refractivity contribution in [3.63, 3.8) is 0 Å². The molecule has 0 amide bonds. The average molecular weight is 174 g/mol. The van der Waals surface area contributed by atoms with Crippen molar-refractivity contribution >= 4 is 0 Å². The van der Waals surface area contributed by atoms with Crippen LogP contribution in [0.15, 0.2) is 24.3 Å². The van der Waals surface area contributed by atoms with Crippen molar-refractivity contribution in [2.75, 3.05) is 0 Å². The Morgan fingerprint density at radius 1 is 1.38 bits per heavy atom. The van der Waals surface area contributed by atoms with E-state index in [0.717, 1.165) is 17.5 Å². The molecule has 0 radical (unpaired) electrons. The minimum Gasteiger partial charge on any atom is -0.324 e. The van der Waals surface area contributed by atoms with Gasteiger partial charge in [-0.2, -0.15) is 5.26 Å². The summed E-state index contributed by atoms with van der Waals surface area (Å²) in [4.78, 5) is 0. The highest BCUT2D eigenvalue weighted by molar-refractivity contribution is 5.26. The first kappa shape index (κ1) is 9.76. The van der Waals surface area contributed by atoms with E-state index in [1.54, 1.807) is 0 Å². The maximum atomic E-state index is 8.47. The normalized spacial score (nSPS) is 12.1. The van der Waals surface area contributed by atoms with Crippen LogP contribution in [0.5, 0.6) is 0 Å². The van der Waals surface area contributed by atoms with Gasteiger partial charge in [0.15, 0.2) is 0 Å². The Bertz CT molecular complexity index is 295. The van der Waals surface area contributed by atoms with Crippen LogP contribution in [0.2, 0.25) is 0 Å². The van der Waals surface area contributed by atoms with Gasteiger partial charge in [0, 0.05) is 6.04 Å². The Kier molecular flexibility index (Phi) is 3.48. The number of nitrogens with zero attached hydrogens (tertiary/aromatic N) is 1. The third-order valence-electron chi connectivity index (χ3n) is 2.13. The van der Waals surface area contributed by atoms with Crippen LogP contribution in [0.4, 0.5) is 0 Å². The lowest BCUT2D eigenvalue weighted by molar-refractivity contribution is 0.698. The molecule has 0 saturated heterocycles. The molecular weight excluding hydrogens is 160 g/mol. The first-order valence-corrected chi connectivity index (χ1v) is 4.49. The van der Waals surface area contributed by atoms with Crippen LogP contribution in [0.1, 0.15) is 30.5 Å². The monoisotopic (exact) mass is 174 g/mol. The predicted molar refractivity (Wildman–Crippen MR) is 53.0 cm³/mol. The van der Waals surface area contributed by atoms with Gasteiger partial charge in [-0.15, -0.1) is 0 Å². The summed E-state index contributed by atoms with van der Waals surface area (Å²) in [5.74, 6) is 0. The lowest BCUT2D eigenvalue weighted by Crippen LogP contribution is -2.08. The van der Waals surface area contributed by atoms with Gasteiger partial charge in [-0.05, 0) is 17.5 Å². The molecule has 1 rings (SSSR count). The third-order valence-corrected chi connectivity index (χ3v) is 2.13. The summed E-state index contributed by atoms with van der Waals surface area (Å²) in [7, 11) is 0. The van der Waals surface area contributed by atoms with Crippen molar-refractivity contribution in [3.05, 3.63) is 35.4 Å². The summed E-state index contributed by atoms with van der Waals surface area (Å²) in [6, 6.07) is 10.2. The molecule has 0 bridgehead atoms. The third kappa shape index (κ3) is 2.57. The van der Waals surface area contributed by atoms with Crippen LogP contribution in [0, 0.1) is 11.3 Å². The van der Waals surface area contributed by atoms with Crippen molar-refractivity contribution in [2.24, 2.45) is 5.73 Å². The molecule has 0 aliphatic rings. The Hall–Kier alpha value is -1.33. The molecule has 0 aliphatic heterocycles. The minimum absolute atomic E-state index is 0.121. The fourth-order valence-corrected chi connectivity index (χ4v) is 1.21. The lowest BCUT2D eigenvalue weighted by Gasteiger charge is -2.08. The highest BCUT2D eigenvalue weighted by atomic mass is 14.6. The second kappa shape index (κ2) is 4.64. The van der Waals surface area contributed by atoms with Crippen LogP contribution in [0.3, 0.4) is 0 Å². The summed E-state index contributed by atoms with van der Waals surface area (Å²) < 4.78 is 0. The van der Waals surface area contributed by atoms with Gasteiger partial charge in [0.05, 0.1) is 12.5 Å². The molecule has 0 spiro atoms. The summed E-state index contributed by atoms with van der Waals surface area (Å²) >= 11 is 0. The van der Waals surface area contributed by atoms with Crippen molar-refractivity contribution in [1.29, 1.82) is 5.26 Å². The van der Waals surface area contributed by atoms with E-state index < -0.39 is 0 Å². The van der Waals surface area contributed by atoms with Crippen molar-refractivity contribution in [1.82, 2.24) is 0 Å². The van der Waals surface area contributed by atoms with E-state index in [9.17, 15) is 0 Å². The Labute approximate surface area is 79.0 Å². The molecule has 0 aliphatic carbocycles. The van der Waals surface area contributed by atoms with Gasteiger partial charge in [-0.3, -0.25) is 0 Å². The molecule has 1 aromatic carbocycles. The van der Waals surface area contributed by atoms with Gasteiger partial charge in [0.25, 0.3) is 0 Å². The van der Waals surface area contributed by atoms with E-state index in [-0.39, 0.29) is 6.04 Å². The maximum absolute atomic E-state index is 8.47. The number of benzene rings is 1. The first-order valence-electron chi connectivity index (χ1n) is 4.49. The molecule has 1 atom stereocenters. The average Bonchev–Trinajstić information content (AvgIpc) is 2.18. The standard InChI is InChI=1S/C11H14N2/c1-2-11(13)10-5-3-9(4-6-10)7-8-12/h3-6,11H,2,7,13H2,1H3. The summed E-state index contributed by atoms with van der Waals surface area (Å²) in [6.45, 7) is 2.06. The number of hydrogen-bond acceptors (Lipinski definition) is 2. The zero-order valence-corrected chi connectivity index (χ0v) is 7.83. The van der Waals surface area contributed by atoms with Crippen LogP contribution < -0.4 is 5.73 Å². The van der Waals surface area contributed by atoms with Crippen LogP contribution in [-0.2, 0) is 6.42 Å². The Morgan fingerprint density at radius 3 is 2.46 bits per heavy atom. The molecule has 0 saturated carbocycles. The molecule has 1 aromatic rings. The maximum Gasteiger partial charge on any atom is 0.0669 e. The summed E-state index contributed by atoms with van der Waals surface area (Å²) in [5.41, 5.74) is 8.05. The van der Waals surface area contributed by atoms with Gasteiger partial charge in [-0.1, -0.05) is 31.2 Å². The fourth-order valence-electron chi connectivity index (χ4n) is 1.21. The van der Waals surface area contributed by atoms with Gasteiger partial charge in [0.1, 0.15) is 0 Å². The second-order valence-electron chi connectivity index (χ2n) is 3.09. The van der Waals surface area contributed by atoms with Crippen molar-refractivity contribution < 1.29 is 0 Å². The van der Waals surface area contributed by atoms with Gasteiger partial charge >= 0.3 is 0 Å². The number of hydrogen-bond donors (Lipinski definition) is 1. The Morgan fingerprint density at radius 2 is 2.00 bits per heavy atom. The van der Waals surface area contributed by atoms with Gasteiger partial charge < -0.3 is 5.73 Å². The topological polar surface area (TPSA) is 49.8 Å². The predicted octanol–water partition coefficient (Wildman–Crippen LogP) is 2.16. The summed E-state index contributed by atoms with van der Waals surface area (Å²) in [6.07, 6.45) is 1.42. The molecule has 2 N–H and O–H groups in total. The number of nitriles is 1. The van der Waals surface area contributed by atoms with E-state index >= 15 is 0 Å². The van der Waals surface area contributed by atoms with E-state index in [2.05, 4.69) is 13.0 Å². The zero-order chi connectivity index (χ0) is 9.68. The largest absolute Gasteiger partial charge is 0.324 e. The highest BCUT2D eigenvalue weighted by Crippen LogP contribution is 2.14. The summed E-state index contributed by atoms with van der Waals surface area (Å²) in [5, 5.41) is 8.47. The van der Waals surface area contributed by atoms with Gasteiger partial charge in [0.2, 0.25) is 0 Å². The van der Waals surface area contributed by atoms with E-state index in [0.29, 0.717) is 6.42 Å². The van der Waals surface area contributed by atoms with E-state index in [1.165, 1.54) is 0 Å². The molecule has 13 heavy (non-hydrogen) atoms. The van der Waals surface area contributed by atoms with Crippen LogP contribution in [0.25, 0.3) is 0 Å². The first-order chi connectivity index (χ1) is 6.27.